The van der Waals surface area contributed by atoms with Crippen molar-refractivity contribution in [1.29, 1.82) is 0 Å². The van der Waals surface area contributed by atoms with Crippen LogP contribution in [0.1, 0.15) is 105 Å². The highest BCUT2D eigenvalue weighted by Crippen LogP contribution is 2.39. The van der Waals surface area contributed by atoms with Gasteiger partial charge in [-0.15, -0.1) is 0 Å². The lowest BCUT2D eigenvalue weighted by Gasteiger charge is -2.27. The fourth-order valence-corrected chi connectivity index (χ4v) is 5.73. The Balaban J connectivity index is 1.81. The molecule has 0 aliphatic rings. The van der Waals surface area contributed by atoms with Gasteiger partial charge in [-0.05, 0) is 73.2 Å². The maximum Gasteiger partial charge on any atom is 0.269 e. The van der Waals surface area contributed by atoms with Crippen molar-refractivity contribution in [3.8, 4) is 28.3 Å². The number of para-hydroxylation sites is 2. The summed E-state index contributed by atoms with van der Waals surface area (Å²) in [6, 6.07) is 28.5. The van der Waals surface area contributed by atoms with Gasteiger partial charge in [0.1, 0.15) is 11.4 Å². The summed E-state index contributed by atoms with van der Waals surface area (Å²) in [5.74, 6) is 0.303. The molecule has 0 spiro atoms. The second kappa shape index (κ2) is 10.6. The highest BCUT2D eigenvalue weighted by Gasteiger charge is 2.27. The molecule has 5 aromatic rings. The van der Waals surface area contributed by atoms with Crippen LogP contribution >= 0.6 is 0 Å². The van der Waals surface area contributed by atoms with Crippen LogP contribution in [0.4, 0.5) is 0 Å². The summed E-state index contributed by atoms with van der Waals surface area (Å²) in [6.07, 6.45) is 3.69. The van der Waals surface area contributed by atoms with E-state index in [1.807, 2.05) is 4.57 Å². The van der Waals surface area contributed by atoms with Crippen molar-refractivity contribution >= 4 is 11.0 Å². The number of imidazole rings is 1. The van der Waals surface area contributed by atoms with E-state index in [0.717, 1.165) is 28.0 Å². The molecule has 1 N–H and O–H groups in total. The van der Waals surface area contributed by atoms with E-state index in [9.17, 15) is 5.11 Å². The van der Waals surface area contributed by atoms with Crippen LogP contribution in [0.25, 0.3) is 33.5 Å². The molecular formula is C41H50N2O. The first-order valence-electron chi connectivity index (χ1n) is 15.9. The molecule has 0 unspecified atom stereocenters. The van der Waals surface area contributed by atoms with Crippen molar-refractivity contribution in [3.63, 3.8) is 0 Å². The Morgan fingerprint density at radius 1 is 0.568 bits per heavy atom. The molecule has 230 valence electrons. The van der Waals surface area contributed by atoms with E-state index in [1.165, 1.54) is 27.8 Å². The van der Waals surface area contributed by atoms with Gasteiger partial charge in [-0.3, -0.25) is 9.13 Å². The van der Waals surface area contributed by atoms with Crippen LogP contribution in [0.5, 0.6) is 5.75 Å². The van der Waals surface area contributed by atoms with Crippen LogP contribution in [0, 0.1) is 6.33 Å². The second-order valence-electron chi connectivity index (χ2n) is 16.5. The minimum atomic E-state index is -0.226. The molecule has 0 aliphatic carbocycles. The normalized spacial score (nSPS) is 13.1. The van der Waals surface area contributed by atoms with Gasteiger partial charge in [0.2, 0.25) is 0 Å². The molecule has 1 aromatic heterocycles. The highest BCUT2D eigenvalue weighted by atomic mass is 16.3. The molecule has 0 radical (unpaired) electrons. The second-order valence-corrected chi connectivity index (χ2v) is 16.5. The standard InChI is InChI=1S/C41H50N2O/c1-38(2,3)29-17-15-16-27(20-29)28-21-30(39(4,5)6)23-32(22-28)42-26-43(35-19-14-13-18-34(35)42)36-25-31(40(7,8)9)24-33(37(36)44)41(10,11)12/h13-25,44H,1-12H3. The lowest BCUT2D eigenvalue weighted by atomic mass is 9.79. The number of aromatic nitrogens is 2. The third kappa shape index (κ3) is 6.07. The zero-order valence-electron chi connectivity index (χ0n) is 28.8. The van der Waals surface area contributed by atoms with Crippen molar-refractivity contribution in [2.24, 2.45) is 0 Å². The summed E-state index contributed by atoms with van der Waals surface area (Å²) in [7, 11) is 0. The topological polar surface area (TPSA) is 29.0 Å². The third-order valence-corrected chi connectivity index (χ3v) is 8.67. The van der Waals surface area contributed by atoms with E-state index in [-0.39, 0.29) is 21.7 Å². The number of benzene rings is 4. The Kier molecular flexibility index (Phi) is 7.64. The summed E-state index contributed by atoms with van der Waals surface area (Å²) >= 11 is 0. The first-order chi connectivity index (χ1) is 20.2. The molecule has 3 nitrogen and oxygen atoms in total. The Hall–Kier alpha value is -3.85. The van der Waals surface area contributed by atoms with E-state index in [1.54, 1.807) is 0 Å². The van der Waals surface area contributed by atoms with Gasteiger partial charge >= 0.3 is 0 Å². The predicted octanol–water partition coefficient (Wildman–Crippen LogP) is 10.3. The van der Waals surface area contributed by atoms with Crippen LogP contribution in [-0.4, -0.2) is 9.67 Å². The summed E-state index contributed by atoms with van der Waals surface area (Å²) < 4.78 is 4.19. The molecule has 0 atom stereocenters. The van der Waals surface area contributed by atoms with E-state index >= 15 is 0 Å². The van der Waals surface area contributed by atoms with Crippen LogP contribution in [-0.2, 0) is 21.7 Å². The van der Waals surface area contributed by atoms with Crippen molar-refractivity contribution in [2.75, 3.05) is 0 Å². The number of rotatable bonds is 3. The number of hydrogen-bond donors (Lipinski definition) is 1. The number of aromatic hydroxyl groups is 1. The minimum absolute atomic E-state index is 0.0494. The molecule has 0 saturated carbocycles. The maximum absolute atomic E-state index is 11.8. The predicted molar refractivity (Wildman–Crippen MR) is 186 cm³/mol. The smallest absolute Gasteiger partial charge is 0.269 e. The van der Waals surface area contributed by atoms with E-state index in [2.05, 4.69) is 173 Å². The highest BCUT2D eigenvalue weighted by molar-refractivity contribution is 5.77. The van der Waals surface area contributed by atoms with E-state index < -0.39 is 0 Å². The molecule has 44 heavy (non-hydrogen) atoms. The molecule has 0 amide bonds. The fourth-order valence-electron chi connectivity index (χ4n) is 5.73. The van der Waals surface area contributed by atoms with E-state index in [4.69, 9.17) is 0 Å². The fraction of sp³-hybridized carbons (Fsp3) is 0.390. The number of hydrogen-bond acceptors (Lipinski definition) is 1. The molecule has 4 aromatic carbocycles. The molecule has 0 fully saturated rings. The lowest BCUT2D eigenvalue weighted by molar-refractivity contribution is -0.573. The summed E-state index contributed by atoms with van der Waals surface area (Å²) in [5.41, 5.74) is 10.6. The maximum atomic E-state index is 11.8. The molecule has 0 bridgehead atoms. The summed E-state index contributed by atoms with van der Waals surface area (Å²) in [5, 5.41) is 11.8. The molecule has 3 heteroatoms. The third-order valence-electron chi connectivity index (χ3n) is 8.67. The van der Waals surface area contributed by atoms with Gasteiger partial charge in [0.25, 0.3) is 6.33 Å². The zero-order chi connectivity index (χ0) is 32.4. The molecule has 1 heterocycles. The lowest BCUT2D eigenvalue weighted by Crippen LogP contribution is -2.31. The Morgan fingerprint density at radius 3 is 1.77 bits per heavy atom. The van der Waals surface area contributed by atoms with Gasteiger partial charge in [-0.1, -0.05) is 144 Å². The molecule has 0 aliphatic heterocycles. The molecule has 5 rings (SSSR count). The van der Waals surface area contributed by atoms with Crippen molar-refractivity contribution < 1.29 is 9.67 Å². The van der Waals surface area contributed by atoms with Gasteiger partial charge in [0, 0.05) is 0 Å². The Morgan fingerprint density at radius 2 is 1.16 bits per heavy atom. The molecular weight excluding hydrogens is 536 g/mol. The van der Waals surface area contributed by atoms with Gasteiger partial charge < -0.3 is 5.11 Å². The first kappa shape index (κ1) is 31.6. The van der Waals surface area contributed by atoms with Crippen LogP contribution in [0.3, 0.4) is 0 Å². The van der Waals surface area contributed by atoms with Gasteiger partial charge in [0.05, 0.1) is 16.7 Å². The van der Waals surface area contributed by atoms with Crippen LogP contribution < -0.4 is 4.57 Å². The van der Waals surface area contributed by atoms with Gasteiger partial charge in [0.15, 0.2) is 0 Å². The monoisotopic (exact) mass is 586 g/mol. The minimum Gasteiger partial charge on any atom is -0.511 e. The van der Waals surface area contributed by atoms with E-state index in [0.29, 0.717) is 5.75 Å². The number of nitrogens with zero attached hydrogens (tertiary/aromatic N) is 2. The quantitative estimate of drug-likeness (QED) is 0.165. The van der Waals surface area contributed by atoms with Crippen LogP contribution in [0.2, 0.25) is 0 Å². The number of phenols is 1. The largest absolute Gasteiger partial charge is 0.511 e. The Bertz CT molecular complexity index is 1840. The van der Waals surface area contributed by atoms with Crippen molar-refractivity contribution in [1.82, 2.24) is 4.57 Å². The van der Waals surface area contributed by atoms with Crippen molar-refractivity contribution in [2.45, 2.75) is 105 Å². The van der Waals surface area contributed by atoms with Crippen molar-refractivity contribution in [3.05, 3.63) is 107 Å². The summed E-state index contributed by atoms with van der Waals surface area (Å²) in [6.45, 7) is 26.7. The number of phenolic OH excluding ortho intramolecular Hbond substituents is 1. The summed E-state index contributed by atoms with van der Waals surface area (Å²) in [4.78, 5) is 0. The number of fused-ring (bicyclic) bond motifs is 1. The SMILES string of the molecule is CC(C)(C)c1cccc(-c2cc(-n3[c-][n+](-c4cc(C(C)(C)C)cc(C(C)(C)C)c4O)c4ccccc43)cc(C(C)(C)C)c2)c1. The van der Waals surface area contributed by atoms with Crippen LogP contribution in [0.15, 0.2) is 78.9 Å². The zero-order valence-corrected chi connectivity index (χ0v) is 28.8. The van der Waals surface area contributed by atoms with Gasteiger partial charge in [-0.2, -0.15) is 0 Å². The first-order valence-corrected chi connectivity index (χ1v) is 15.9. The Labute approximate surface area is 265 Å². The van der Waals surface area contributed by atoms with Gasteiger partial charge in [-0.25, -0.2) is 0 Å². The molecule has 0 saturated heterocycles. The average molecular weight is 587 g/mol. The average Bonchev–Trinajstić information content (AvgIpc) is 3.30.